The molecule has 0 fully saturated rings. The quantitative estimate of drug-likeness (QED) is 0.739. The molecule has 0 N–H and O–H groups in total. The van der Waals surface area contributed by atoms with Gasteiger partial charge >= 0.3 is 0 Å². The summed E-state index contributed by atoms with van der Waals surface area (Å²) in [5.74, 6) is -1.90. The number of benzene rings is 1. The summed E-state index contributed by atoms with van der Waals surface area (Å²) in [6, 6.07) is 3.97. The van der Waals surface area contributed by atoms with E-state index in [-0.39, 0.29) is 17.3 Å². The van der Waals surface area contributed by atoms with Crippen LogP contribution < -0.4 is 0 Å². The number of hydrogen-bond acceptors (Lipinski definition) is 3. The second-order valence-electron chi connectivity index (χ2n) is 4.81. The third-order valence-corrected chi connectivity index (χ3v) is 3.20. The molecular formula is C14H11FN2O2. The number of carbonyl (C=O) groups is 2. The van der Waals surface area contributed by atoms with E-state index in [4.69, 9.17) is 0 Å². The standard InChI is InChI=1S/C14H11FN2O2/c1-7(2)17-6-11-9-4-3-8(15)5-10(9)13(18)14(19)12(11)16-17/h3-7H,1-2H3. The highest BCUT2D eigenvalue weighted by Crippen LogP contribution is 2.33. The van der Waals surface area contributed by atoms with Gasteiger partial charge in [-0.3, -0.25) is 14.3 Å². The molecule has 19 heavy (non-hydrogen) atoms. The van der Waals surface area contributed by atoms with Crippen molar-refractivity contribution < 1.29 is 14.0 Å². The minimum absolute atomic E-state index is 0.0809. The Labute approximate surface area is 108 Å². The highest BCUT2D eigenvalue weighted by Gasteiger charge is 2.33. The molecule has 5 heteroatoms. The summed E-state index contributed by atoms with van der Waals surface area (Å²) in [5.41, 5.74) is 1.42. The maximum absolute atomic E-state index is 13.2. The van der Waals surface area contributed by atoms with E-state index in [0.29, 0.717) is 11.1 Å². The van der Waals surface area contributed by atoms with Gasteiger partial charge in [-0.05, 0) is 31.5 Å². The highest BCUT2D eigenvalue weighted by atomic mass is 19.1. The Hall–Kier alpha value is -2.30. The number of rotatable bonds is 1. The van der Waals surface area contributed by atoms with Crippen LogP contribution in [0.5, 0.6) is 0 Å². The van der Waals surface area contributed by atoms with Gasteiger partial charge in [0.15, 0.2) is 0 Å². The van der Waals surface area contributed by atoms with Crippen LogP contribution in [-0.4, -0.2) is 21.3 Å². The SMILES string of the molecule is CC(C)n1cc2c(n1)C(=O)C(=O)c1cc(F)ccc1-2. The van der Waals surface area contributed by atoms with Gasteiger partial charge in [0.05, 0.1) is 0 Å². The van der Waals surface area contributed by atoms with Crippen molar-refractivity contribution >= 4 is 11.6 Å². The first-order valence-electron chi connectivity index (χ1n) is 5.97. The Morgan fingerprint density at radius 2 is 1.84 bits per heavy atom. The van der Waals surface area contributed by atoms with Crippen molar-refractivity contribution in [3.8, 4) is 11.1 Å². The van der Waals surface area contributed by atoms with Gasteiger partial charge in [0.25, 0.3) is 5.78 Å². The topological polar surface area (TPSA) is 52.0 Å². The Balaban J connectivity index is 2.30. The Morgan fingerprint density at radius 3 is 2.53 bits per heavy atom. The molecule has 0 atom stereocenters. The molecule has 1 heterocycles. The largest absolute Gasteiger partial charge is 0.285 e. The van der Waals surface area contributed by atoms with Crippen LogP contribution in [0.3, 0.4) is 0 Å². The van der Waals surface area contributed by atoms with Crippen LogP contribution in [0, 0.1) is 5.82 Å². The first-order chi connectivity index (χ1) is 8.99. The van der Waals surface area contributed by atoms with Gasteiger partial charge in [-0.1, -0.05) is 6.07 Å². The average Bonchev–Trinajstić information content (AvgIpc) is 2.81. The van der Waals surface area contributed by atoms with Gasteiger partial charge in [0.2, 0.25) is 5.78 Å². The smallest absolute Gasteiger partial charge is 0.254 e. The summed E-state index contributed by atoms with van der Waals surface area (Å²) in [5, 5.41) is 4.16. The molecular weight excluding hydrogens is 247 g/mol. The number of nitrogens with zero attached hydrogens (tertiary/aromatic N) is 2. The van der Waals surface area contributed by atoms with Crippen LogP contribution in [0.4, 0.5) is 4.39 Å². The summed E-state index contributed by atoms with van der Waals surface area (Å²) >= 11 is 0. The maximum Gasteiger partial charge on any atom is 0.254 e. The van der Waals surface area contributed by atoms with E-state index in [1.807, 2.05) is 13.8 Å². The lowest BCUT2D eigenvalue weighted by Crippen LogP contribution is -2.21. The van der Waals surface area contributed by atoms with Crippen molar-refractivity contribution in [1.82, 2.24) is 9.78 Å². The predicted octanol–water partition coefficient (Wildman–Crippen LogP) is 2.65. The summed E-state index contributed by atoms with van der Waals surface area (Å²) in [4.78, 5) is 23.9. The summed E-state index contributed by atoms with van der Waals surface area (Å²) < 4.78 is 14.9. The fourth-order valence-electron chi connectivity index (χ4n) is 2.19. The van der Waals surface area contributed by atoms with Crippen LogP contribution in [0.2, 0.25) is 0 Å². The molecule has 0 radical (unpaired) electrons. The normalized spacial score (nSPS) is 13.7. The van der Waals surface area contributed by atoms with E-state index in [2.05, 4.69) is 5.10 Å². The zero-order valence-electron chi connectivity index (χ0n) is 10.5. The number of carbonyl (C=O) groups excluding carboxylic acids is 2. The van der Waals surface area contributed by atoms with Gasteiger partial charge in [0.1, 0.15) is 11.5 Å². The average molecular weight is 258 g/mol. The number of ketones is 2. The third kappa shape index (κ3) is 1.62. The zero-order valence-corrected chi connectivity index (χ0v) is 10.5. The molecule has 1 aliphatic rings. The number of fused-ring (bicyclic) bond motifs is 3. The number of hydrogen-bond donors (Lipinski definition) is 0. The van der Waals surface area contributed by atoms with Crippen LogP contribution in [-0.2, 0) is 0 Å². The van der Waals surface area contributed by atoms with Crippen molar-refractivity contribution in [2.45, 2.75) is 19.9 Å². The monoisotopic (exact) mass is 258 g/mol. The van der Waals surface area contributed by atoms with Gasteiger partial charge in [-0.15, -0.1) is 0 Å². The molecule has 0 bridgehead atoms. The van der Waals surface area contributed by atoms with Crippen molar-refractivity contribution in [3.63, 3.8) is 0 Å². The number of Topliss-reactive ketones (excluding diaryl/α,β-unsaturated/α-hetero) is 2. The molecule has 0 unspecified atom stereocenters. The first kappa shape index (κ1) is 11.8. The van der Waals surface area contributed by atoms with E-state index in [1.54, 1.807) is 10.9 Å². The van der Waals surface area contributed by atoms with E-state index >= 15 is 0 Å². The molecule has 0 saturated carbocycles. The third-order valence-electron chi connectivity index (χ3n) is 3.20. The predicted molar refractivity (Wildman–Crippen MR) is 66.7 cm³/mol. The van der Waals surface area contributed by atoms with E-state index in [1.165, 1.54) is 12.1 Å². The molecule has 2 aromatic rings. The lowest BCUT2D eigenvalue weighted by Gasteiger charge is -2.12. The Morgan fingerprint density at radius 1 is 1.11 bits per heavy atom. The van der Waals surface area contributed by atoms with Crippen molar-refractivity contribution in [1.29, 1.82) is 0 Å². The molecule has 3 rings (SSSR count). The molecule has 1 aliphatic carbocycles. The molecule has 0 spiro atoms. The molecule has 0 amide bonds. The molecule has 1 aromatic carbocycles. The second-order valence-corrected chi connectivity index (χ2v) is 4.81. The summed E-state index contributed by atoms with van der Waals surface area (Å²) in [6.45, 7) is 3.85. The van der Waals surface area contributed by atoms with Gasteiger partial charge in [-0.25, -0.2) is 4.39 Å². The van der Waals surface area contributed by atoms with Crippen LogP contribution in [0.1, 0.15) is 40.7 Å². The highest BCUT2D eigenvalue weighted by molar-refractivity contribution is 6.52. The van der Waals surface area contributed by atoms with E-state index in [0.717, 1.165) is 6.07 Å². The van der Waals surface area contributed by atoms with E-state index in [9.17, 15) is 14.0 Å². The van der Waals surface area contributed by atoms with Crippen molar-refractivity contribution in [2.75, 3.05) is 0 Å². The molecule has 0 saturated heterocycles. The summed E-state index contributed by atoms with van der Waals surface area (Å²) in [7, 11) is 0. The fraction of sp³-hybridized carbons (Fsp3) is 0.214. The Kier molecular flexibility index (Phi) is 2.38. The number of aromatic nitrogens is 2. The van der Waals surface area contributed by atoms with Gasteiger partial charge < -0.3 is 0 Å². The minimum atomic E-state index is -0.698. The summed E-state index contributed by atoms with van der Waals surface area (Å²) in [6.07, 6.45) is 1.72. The van der Waals surface area contributed by atoms with E-state index < -0.39 is 17.4 Å². The molecule has 4 nitrogen and oxygen atoms in total. The minimum Gasteiger partial charge on any atom is -0.285 e. The first-order valence-corrected chi connectivity index (χ1v) is 5.97. The lowest BCUT2D eigenvalue weighted by molar-refractivity contribution is 0.0811. The lowest BCUT2D eigenvalue weighted by atomic mass is 9.88. The maximum atomic E-state index is 13.2. The number of halogens is 1. The molecule has 96 valence electrons. The second kappa shape index (κ2) is 3.85. The Bertz CT molecular complexity index is 716. The zero-order chi connectivity index (χ0) is 13.7. The van der Waals surface area contributed by atoms with Gasteiger partial charge in [0, 0.05) is 23.4 Å². The van der Waals surface area contributed by atoms with Crippen LogP contribution in [0.15, 0.2) is 24.4 Å². The molecule has 1 aromatic heterocycles. The van der Waals surface area contributed by atoms with Gasteiger partial charge in [-0.2, -0.15) is 5.10 Å². The van der Waals surface area contributed by atoms with Crippen molar-refractivity contribution in [2.24, 2.45) is 0 Å². The molecule has 0 aliphatic heterocycles. The van der Waals surface area contributed by atoms with Crippen LogP contribution in [0.25, 0.3) is 11.1 Å². The van der Waals surface area contributed by atoms with Crippen molar-refractivity contribution in [3.05, 3.63) is 41.5 Å². The van der Waals surface area contributed by atoms with Crippen LogP contribution >= 0.6 is 0 Å². The fourth-order valence-corrected chi connectivity index (χ4v) is 2.19.